The van der Waals surface area contributed by atoms with Gasteiger partial charge in [-0.25, -0.2) is 4.99 Å². The van der Waals surface area contributed by atoms with E-state index in [1.807, 2.05) is 21.0 Å². The predicted molar refractivity (Wildman–Crippen MR) is 93.7 cm³/mol. The van der Waals surface area contributed by atoms with Crippen LogP contribution in [0.2, 0.25) is 0 Å². The van der Waals surface area contributed by atoms with Gasteiger partial charge >= 0.3 is 6.36 Å². The van der Waals surface area contributed by atoms with E-state index >= 15 is 0 Å². The summed E-state index contributed by atoms with van der Waals surface area (Å²) in [5.41, 5.74) is 0.261. The van der Waals surface area contributed by atoms with E-state index in [2.05, 4.69) is 39.1 Å². The molecular weight excluding hydrogens is 333 g/mol. The van der Waals surface area contributed by atoms with Crippen LogP contribution in [0.3, 0.4) is 0 Å². The average molecular weight is 360 g/mol. The number of aliphatic imine (C=N–C) groups is 1. The zero-order valence-electron chi connectivity index (χ0n) is 15.4. The summed E-state index contributed by atoms with van der Waals surface area (Å²) >= 11 is 0. The fraction of sp³-hybridized carbons (Fsp3) is 0.588. The van der Waals surface area contributed by atoms with E-state index in [9.17, 15) is 13.2 Å². The summed E-state index contributed by atoms with van der Waals surface area (Å²) in [5.74, 6) is 0.308. The number of halogens is 3. The maximum absolute atomic E-state index is 12.5. The fourth-order valence-corrected chi connectivity index (χ4v) is 1.82. The van der Waals surface area contributed by atoms with Crippen LogP contribution in [-0.2, 0) is 6.54 Å². The lowest BCUT2D eigenvalue weighted by atomic mass is 10.0. The number of rotatable bonds is 7. The molecule has 0 aliphatic rings. The van der Waals surface area contributed by atoms with E-state index in [-0.39, 0.29) is 17.8 Å². The van der Waals surface area contributed by atoms with Crippen LogP contribution in [0.15, 0.2) is 29.3 Å². The number of hydrogen-bond donors (Lipinski definition) is 2. The van der Waals surface area contributed by atoms with E-state index in [0.29, 0.717) is 24.6 Å². The Morgan fingerprint density at radius 2 is 1.80 bits per heavy atom. The molecule has 0 fully saturated rings. The molecule has 0 atom stereocenters. The number of ether oxygens (including phenoxy) is 1. The van der Waals surface area contributed by atoms with Crippen LogP contribution >= 0.6 is 0 Å². The maximum Gasteiger partial charge on any atom is 0.573 e. The number of nitrogens with one attached hydrogen (secondary N) is 2. The van der Waals surface area contributed by atoms with Gasteiger partial charge in [-0.1, -0.05) is 18.2 Å². The molecule has 0 heterocycles. The molecule has 0 amide bonds. The lowest BCUT2D eigenvalue weighted by Crippen LogP contribution is -2.50. The van der Waals surface area contributed by atoms with Crippen LogP contribution in [0, 0.1) is 0 Å². The highest BCUT2D eigenvalue weighted by molar-refractivity contribution is 5.79. The molecule has 1 rings (SSSR count). The molecule has 0 spiro atoms. The topological polar surface area (TPSA) is 48.9 Å². The van der Waals surface area contributed by atoms with Crippen LogP contribution in [0.1, 0.15) is 26.3 Å². The van der Waals surface area contributed by atoms with Crippen LogP contribution in [0.5, 0.6) is 5.75 Å². The number of alkyl halides is 3. The normalized spacial score (nSPS) is 13.1. The predicted octanol–water partition coefficient (Wildman–Crippen LogP) is 2.98. The molecule has 0 aliphatic heterocycles. The van der Waals surface area contributed by atoms with Gasteiger partial charge in [-0.15, -0.1) is 13.2 Å². The Kier molecular flexibility index (Phi) is 7.54. The minimum Gasteiger partial charge on any atom is -0.405 e. The zero-order valence-corrected chi connectivity index (χ0v) is 15.4. The average Bonchev–Trinajstić information content (AvgIpc) is 2.49. The Morgan fingerprint density at radius 3 is 2.36 bits per heavy atom. The van der Waals surface area contributed by atoms with Crippen molar-refractivity contribution in [3.63, 3.8) is 0 Å². The van der Waals surface area contributed by atoms with Crippen molar-refractivity contribution in [2.24, 2.45) is 4.99 Å². The highest BCUT2D eigenvalue weighted by Crippen LogP contribution is 2.26. The van der Waals surface area contributed by atoms with Crippen molar-refractivity contribution < 1.29 is 17.9 Å². The second-order valence-electron chi connectivity index (χ2n) is 6.41. The third-order valence-electron chi connectivity index (χ3n) is 3.85. The second-order valence-corrected chi connectivity index (χ2v) is 6.41. The van der Waals surface area contributed by atoms with Crippen molar-refractivity contribution in [3.8, 4) is 5.75 Å². The number of guanidine groups is 1. The molecule has 2 N–H and O–H groups in total. The van der Waals surface area contributed by atoms with Gasteiger partial charge < -0.3 is 20.3 Å². The van der Waals surface area contributed by atoms with Crippen molar-refractivity contribution in [2.45, 2.75) is 39.2 Å². The van der Waals surface area contributed by atoms with Crippen LogP contribution in [0.4, 0.5) is 13.2 Å². The monoisotopic (exact) mass is 360 g/mol. The smallest absolute Gasteiger partial charge is 0.405 e. The highest BCUT2D eigenvalue weighted by Gasteiger charge is 2.31. The molecule has 0 radical (unpaired) electrons. The molecule has 0 aliphatic carbocycles. The van der Waals surface area contributed by atoms with E-state index in [1.165, 1.54) is 12.1 Å². The molecule has 0 aromatic heterocycles. The molecule has 8 heteroatoms. The first-order valence-electron chi connectivity index (χ1n) is 8.08. The minimum atomic E-state index is -4.72. The summed E-state index contributed by atoms with van der Waals surface area (Å²) in [6.45, 7) is 7.44. The molecule has 1 aromatic carbocycles. The molecule has 25 heavy (non-hydrogen) atoms. The molecule has 0 unspecified atom stereocenters. The summed E-state index contributed by atoms with van der Waals surface area (Å²) < 4.78 is 41.5. The van der Waals surface area contributed by atoms with Gasteiger partial charge in [-0.3, -0.25) is 0 Å². The minimum absolute atomic E-state index is 0.0734. The van der Waals surface area contributed by atoms with Crippen molar-refractivity contribution in [1.82, 2.24) is 15.5 Å². The number of likely N-dealkylation sites (N-methyl/N-ethyl adjacent to an activating group) is 1. The zero-order chi connectivity index (χ0) is 19.1. The first-order chi connectivity index (χ1) is 11.5. The number of hydrogen-bond acceptors (Lipinski definition) is 3. The molecule has 5 nitrogen and oxygen atoms in total. The quantitative estimate of drug-likeness (QED) is 0.580. The first-order valence-corrected chi connectivity index (χ1v) is 8.08. The Labute approximate surface area is 147 Å². The lowest BCUT2D eigenvalue weighted by Gasteiger charge is -2.33. The van der Waals surface area contributed by atoms with Gasteiger partial charge in [0.2, 0.25) is 0 Å². The third-order valence-corrected chi connectivity index (χ3v) is 3.85. The molecule has 142 valence electrons. The van der Waals surface area contributed by atoms with Crippen molar-refractivity contribution in [1.29, 1.82) is 0 Å². The largest absolute Gasteiger partial charge is 0.573 e. The van der Waals surface area contributed by atoms with Crippen molar-refractivity contribution in [2.75, 3.05) is 27.2 Å². The van der Waals surface area contributed by atoms with Gasteiger partial charge in [0.05, 0.1) is 6.54 Å². The summed E-state index contributed by atoms with van der Waals surface area (Å²) in [6, 6.07) is 6.01. The van der Waals surface area contributed by atoms with Gasteiger partial charge in [0, 0.05) is 24.2 Å². The van der Waals surface area contributed by atoms with Gasteiger partial charge in [-0.2, -0.15) is 0 Å². The fourth-order valence-electron chi connectivity index (χ4n) is 1.82. The third kappa shape index (κ3) is 7.64. The van der Waals surface area contributed by atoms with Gasteiger partial charge in [0.15, 0.2) is 5.96 Å². The standard InChI is InChI=1S/C17H27F3N4O/c1-6-21-15(23-12-16(2,3)24(4)5)22-11-13-9-7-8-10-14(13)25-17(18,19)20/h7-10H,6,11-12H2,1-5H3,(H2,21,22,23). The van der Waals surface area contributed by atoms with Crippen LogP contribution < -0.4 is 15.4 Å². The van der Waals surface area contributed by atoms with Crippen LogP contribution in [0.25, 0.3) is 0 Å². The first kappa shape index (κ1) is 21.1. The molecule has 0 saturated heterocycles. The van der Waals surface area contributed by atoms with Crippen molar-refractivity contribution in [3.05, 3.63) is 29.8 Å². The van der Waals surface area contributed by atoms with E-state index < -0.39 is 6.36 Å². The van der Waals surface area contributed by atoms with E-state index in [1.54, 1.807) is 12.1 Å². The summed E-state index contributed by atoms with van der Waals surface area (Å²) in [6.07, 6.45) is -4.72. The van der Waals surface area contributed by atoms with Gasteiger partial charge in [0.1, 0.15) is 5.75 Å². The van der Waals surface area contributed by atoms with Crippen molar-refractivity contribution >= 4 is 5.96 Å². The van der Waals surface area contributed by atoms with Crippen LogP contribution in [-0.4, -0.2) is 49.9 Å². The van der Waals surface area contributed by atoms with Gasteiger partial charge in [-0.05, 0) is 40.9 Å². The molecule has 0 bridgehead atoms. The second kappa shape index (κ2) is 8.94. The Hall–Kier alpha value is -1.96. The summed E-state index contributed by atoms with van der Waals surface area (Å²) in [4.78, 5) is 6.44. The molecule has 1 aromatic rings. The summed E-state index contributed by atoms with van der Waals surface area (Å²) in [5, 5.41) is 6.30. The lowest BCUT2D eigenvalue weighted by molar-refractivity contribution is -0.274. The SMILES string of the molecule is CCNC(=NCc1ccccc1OC(F)(F)F)NCC(C)(C)N(C)C. The van der Waals surface area contributed by atoms with E-state index in [0.717, 1.165) is 0 Å². The number of benzene rings is 1. The van der Waals surface area contributed by atoms with E-state index in [4.69, 9.17) is 0 Å². The Morgan fingerprint density at radius 1 is 1.16 bits per heavy atom. The molecular formula is C17H27F3N4O. The highest BCUT2D eigenvalue weighted by atomic mass is 19.4. The van der Waals surface area contributed by atoms with Gasteiger partial charge in [0.25, 0.3) is 0 Å². The maximum atomic E-state index is 12.5. The Bertz CT molecular complexity index is 571. The molecule has 0 saturated carbocycles. The number of nitrogens with zero attached hydrogens (tertiary/aromatic N) is 2. The number of para-hydroxylation sites is 1. The summed E-state index contributed by atoms with van der Waals surface area (Å²) in [7, 11) is 3.97. The Balaban J connectivity index is 2.84.